The van der Waals surface area contributed by atoms with Gasteiger partial charge in [0.15, 0.2) is 0 Å². The number of benzene rings is 2. The summed E-state index contributed by atoms with van der Waals surface area (Å²) in [5.41, 5.74) is 1.02. The van der Waals surface area contributed by atoms with Crippen LogP contribution in [0.4, 0.5) is 0 Å². The van der Waals surface area contributed by atoms with Gasteiger partial charge in [0.2, 0.25) is 0 Å². The normalized spacial score (nSPS) is 13.2. The zero-order valence-electron chi connectivity index (χ0n) is 13.5. The third kappa shape index (κ3) is 3.42. The molecule has 0 fully saturated rings. The lowest BCUT2D eigenvalue weighted by Crippen LogP contribution is -2.41. The summed E-state index contributed by atoms with van der Waals surface area (Å²) in [6.07, 6.45) is 0.413. The first-order valence-corrected chi connectivity index (χ1v) is 8.23. The van der Waals surface area contributed by atoms with Crippen LogP contribution in [0.1, 0.15) is 33.6 Å². The lowest BCUT2D eigenvalue weighted by Gasteiger charge is -2.27. The average Bonchev–Trinajstić information content (AvgIpc) is 2.60. The molecule has 0 saturated heterocycles. The summed E-state index contributed by atoms with van der Waals surface area (Å²) in [6.45, 7) is 3.54. The molecule has 0 bridgehead atoms. The van der Waals surface area contributed by atoms with Crippen molar-refractivity contribution in [1.82, 2.24) is 4.90 Å². The number of rotatable bonds is 6. The summed E-state index contributed by atoms with van der Waals surface area (Å²) in [5, 5.41) is 1.79. The SMILES string of the molecule is C=C(Cl)COC(=O)CCCN1C(=O)c2cccc3cccc(c23)C1=O. The van der Waals surface area contributed by atoms with Gasteiger partial charge in [-0.2, -0.15) is 0 Å². The number of carbonyl (C=O) groups is 3. The van der Waals surface area contributed by atoms with Crippen molar-refractivity contribution in [2.24, 2.45) is 0 Å². The molecule has 1 aliphatic rings. The monoisotopic (exact) mass is 357 g/mol. The van der Waals surface area contributed by atoms with Crippen LogP contribution in [-0.4, -0.2) is 35.8 Å². The first-order valence-electron chi connectivity index (χ1n) is 7.86. The number of esters is 1. The number of ether oxygens (including phenoxy) is 1. The van der Waals surface area contributed by atoms with Crippen molar-refractivity contribution in [3.63, 3.8) is 0 Å². The van der Waals surface area contributed by atoms with Crippen LogP contribution in [-0.2, 0) is 9.53 Å². The highest BCUT2D eigenvalue weighted by Gasteiger charge is 2.32. The van der Waals surface area contributed by atoms with Crippen LogP contribution in [0.15, 0.2) is 48.0 Å². The van der Waals surface area contributed by atoms with E-state index in [-0.39, 0.29) is 36.4 Å². The Hall–Kier alpha value is -2.66. The van der Waals surface area contributed by atoms with Gasteiger partial charge in [0, 0.05) is 34.5 Å². The number of hydrogen-bond acceptors (Lipinski definition) is 4. The number of nitrogens with zero attached hydrogens (tertiary/aromatic N) is 1. The predicted molar refractivity (Wildman–Crippen MR) is 94.5 cm³/mol. The highest BCUT2D eigenvalue weighted by molar-refractivity contribution is 6.29. The Kier molecular flexibility index (Phi) is 4.86. The van der Waals surface area contributed by atoms with E-state index in [9.17, 15) is 14.4 Å². The Morgan fingerprint density at radius 2 is 1.68 bits per heavy atom. The van der Waals surface area contributed by atoms with E-state index < -0.39 is 5.97 Å². The lowest BCUT2D eigenvalue weighted by atomic mass is 9.94. The number of hydrogen-bond donors (Lipinski definition) is 0. The van der Waals surface area contributed by atoms with Crippen molar-refractivity contribution >= 4 is 40.2 Å². The molecule has 2 aromatic carbocycles. The molecule has 0 N–H and O–H groups in total. The van der Waals surface area contributed by atoms with Gasteiger partial charge >= 0.3 is 5.97 Å². The molecule has 25 heavy (non-hydrogen) atoms. The number of amides is 2. The third-order valence-corrected chi connectivity index (χ3v) is 4.12. The van der Waals surface area contributed by atoms with Gasteiger partial charge in [0.1, 0.15) is 6.61 Å². The van der Waals surface area contributed by atoms with E-state index in [2.05, 4.69) is 6.58 Å². The topological polar surface area (TPSA) is 63.7 Å². The highest BCUT2D eigenvalue weighted by atomic mass is 35.5. The molecular formula is C19H16ClNO4. The second kappa shape index (κ2) is 7.07. The van der Waals surface area contributed by atoms with Gasteiger partial charge < -0.3 is 4.74 Å². The largest absolute Gasteiger partial charge is 0.460 e. The minimum atomic E-state index is -0.443. The Bertz CT molecular complexity index is 839. The van der Waals surface area contributed by atoms with Crippen molar-refractivity contribution in [1.29, 1.82) is 0 Å². The molecule has 0 radical (unpaired) electrons. The van der Waals surface area contributed by atoms with Gasteiger partial charge in [-0.3, -0.25) is 19.3 Å². The van der Waals surface area contributed by atoms with E-state index in [1.807, 2.05) is 12.1 Å². The third-order valence-electron chi connectivity index (χ3n) is 4.01. The van der Waals surface area contributed by atoms with Crippen molar-refractivity contribution in [2.75, 3.05) is 13.2 Å². The fourth-order valence-electron chi connectivity index (χ4n) is 2.90. The molecule has 5 nitrogen and oxygen atoms in total. The maximum absolute atomic E-state index is 12.7. The van der Waals surface area contributed by atoms with Gasteiger partial charge in [0.25, 0.3) is 11.8 Å². The van der Waals surface area contributed by atoms with Gasteiger partial charge in [-0.25, -0.2) is 0 Å². The Labute approximate surface area is 149 Å². The van der Waals surface area contributed by atoms with Gasteiger partial charge in [0.05, 0.1) is 0 Å². The maximum atomic E-state index is 12.7. The highest BCUT2D eigenvalue weighted by Crippen LogP contribution is 2.30. The van der Waals surface area contributed by atoms with Crippen LogP contribution in [0.3, 0.4) is 0 Å². The Balaban J connectivity index is 1.72. The zero-order valence-corrected chi connectivity index (χ0v) is 14.2. The van der Waals surface area contributed by atoms with E-state index in [0.29, 0.717) is 22.9 Å². The van der Waals surface area contributed by atoms with Crippen LogP contribution >= 0.6 is 11.6 Å². The van der Waals surface area contributed by atoms with Crippen LogP contribution in [0.5, 0.6) is 0 Å². The number of imide groups is 1. The summed E-state index contributed by atoms with van der Waals surface area (Å²) < 4.78 is 4.89. The van der Waals surface area contributed by atoms with Crippen molar-refractivity contribution in [3.8, 4) is 0 Å². The Morgan fingerprint density at radius 3 is 2.24 bits per heavy atom. The minimum Gasteiger partial charge on any atom is -0.460 e. The van der Waals surface area contributed by atoms with Gasteiger partial charge in [-0.1, -0.05) is 42.4 Å². The summed E-state index contributed by atoms with van der Waals surface area (Å²) in [6, 6.07) is 10.8. The summed E-state index contributed by atoms with van der Waals surface area (Å²) in [4.78, 5) is 38.1. The Morgan fingerprint density at radius 1 is 1.08 bits per heavy atom. The molecule has 0 atom stereocenters. The number of halogens is 1. The van der Waals surface area contributed by atoms with Crippen molar-refractivity contribution < 1.29 is 19.1 Å². The molecule has 0 unspecified atom stereocenters. The molecular weight excluding hydrogens is 342 g/mol. The van der Waals surface area contributed by atoms with E-state index >= 15 is 0 Å². The summed E-state index contributed by atoms with van der Waals surface area (Å²) in [5.74, 6) is -1.12. The number of carbonyl (C=O) groups excluding carboxylic acids is 3. The van der Waals surface area contributed by atoms with Crippen LogP contribution < -0.4 is 0 Å². The molecule has 6 heteroatoms. The first-order chi connectivity index (χ1) is 12.0. The molecule has 2 aromatic rings. The second-order valence-electron chi connectivity index (χ2n) is 5.75. The van der Waals surface area contributed by atoms with E-state index in [1.165, 1.54) is 4.90 Å². The summed E-state index contributed by atoms with van der Waals surface area (Å²) >= 11 is 5.53. The van der Waals surface area contributed by atoms with Crippen molar-refractivity contribution in [2.45, 2.75) is 12.8 Å². The quantitative estimate of drug-likeness (QED) is 0.586. The van der Waals surface area contributed by atoms with Crippen LogP contribution in [0.2, 0.25) is 0 Å². The van der Waals surface area contributed by atoms with E-state index in [1.54, 1.807) is 24.3 Å². The standard InChI is InChI=1S/C19H16ClNO4/c1-12(20)11-25-16(22)9-4-10-21-18(23)14-7-2-5-13-6-3-8-15(17(13)14)19(21)24/h2-3,5-8H,1,4,9-11H2. The predicted octanol–water partition coefficient (Wildman–Crippen LogP) is 3.51. The average molecular weight is 358 g/mol. The molecule has 0 spiro atoms. The second-order valence-corrected chi connectivity index (χ2v) is 6.29. The fourth-order valence-corrected chi connectivity index (χ4v) is 2.95. The maximum Gasteiger partial charge on any atom is 0.306 e. The van der Waals surface area contributed by atoms with Crippen LogP contribution in [0, 0.1) is 0 Å². The molecule has 128 valence electrons. The molecule has 3 rings (SSSR count). The summed E-state index contributed by atoms with van der Waals surface area (Å²) in [7, 11) is 0. The lowest BCUT2D eigenvalue weighted by molar-refractivity contribution is -0.142. The van der Waals surface area contributed by atoms with Gasteiger partial charge in [-0.05, 0) is 23.9 Å². The fraction of sp³-hybridized carbons (Fsp3) is 0.211. The molecule has 1 heterocycles. The molecule has 1 aliphatic heterocycles. The van der Waals surface area contributed by atoms with Crippen LogP contribution in [0.25, 0.3) is 10.8 Å². The van der Waals surface area contributed by atoms with E-state index in [0.717, 1.165) is 5.39 Å². The van der Waals surface area contributed by atoms with E-state index in [4.69, 9.17) is 16.3 Å². The molecule has 0 saturated carbocycles. The van der Waals surface area contributed by atoms with Crippen molar-refractivity contribution in [3.05, 3.63) is 59.1 Å². The molecule has 2 amide bonds. The zero-order chi connectivity index (χ0) is 18.0. The smallest absolute Gasteiger partial charge is 0.306 e. The molecule has 0 aromatic heterocycles. The van der Waals surface area contributed by atoms with Gasteiger partial charge in [-0.15, -0.1) is 0 Å². The first kappa shape index (κ1) is 17.2. The minimum absolute atomic E-state index is 0.0443. The molecule has 0 aliphatic carbocycles.